The summed E-state index contributed by atoms with van der Waals surface area (Å²) in [5.74, 6) is -0.293. The van der Waals surface area contributed by atoms with Crippen molar-refractivity contribution >= 4 is 36.4 Å². The molecule has 126 valence electrons. The molecule has 10 heteroatoms. The Morgan fingerprint density at radius 2 is 1.61 bits per heavy atom. The summed E-state index contributed by atoms with van der Waals surface area (Å²) in [6.07, 6.45) is -2.03. The van der Waals surface area contributed by atoms with Gasteiger partial charge in [0.25, 0.3) is 5.91 Å². The van der Waals surface area contributed by atoms with Gasteiger partial charge in [-0.1, -0.05) is 0 Å². The van der Waals surface area contributed by atoms with Gasteiger partial charge < -0.3 is 10.1 Å². The fourth-order valence-corrected chi connectivity index (χ4v) is 1.45. The van der Waals surface area contributed by atoms with Crippen molar-refractivity contribution in [1.82, 2.24) is 9.97 Å². The van der Waals surface area contributed by atoms with Crippen molar-refractivity contribution in [2.45, 2.75) is 13.3 Å². The molecule has 0 radical (unpaired) electrons. The van der Waals surface area contributed by atoms with Crippen LogP contribution in [0.5, 0.6) is 5.75 Å². The third-order valence-electron chi connectivity index (χ3n) is 2.39. The van der Waals surface area contributed by atoms with Gasteiger partial charge in [0, 0.05) is 18.1 Å². The van der Waals surface area contributed by atoms with Crippen molar-refractivity contribution in [3.8, 4) is 5.75 Å². The van der Waals surface area contributed by atoms with Crippen LogP contribution in [-0.4, -0.2) is 22.2 Å². The Hall–Kier alpha value is -2.06. The van der Waals surface area contributed by atoms with Crippen LogP contribution in [0.2, 0.25) is 0 Å². The number of amides is 1. The Bertz CT molecular complexity index is 634. The standard InChI is InChI=1S/C13H10F3N3O2.2ClH/c1-8-17-6-9(7-18-8)12(20)19-10-2-4-11(5-3-10)21-13(14,15)16;;/h2-7H,1H3,(H,19,20);2*1H. The second-order valence-electron chi connectivity index (χ2n) is 4.05. The van der Waals surface area contributed by atoms with Crippen molar-refractivity contribution < 1.29 is 22.7 Å². The quantitative estimate of drug-likeness (QED) is 0.893. The van der Waals surface area contributed by atoms with Crippen molar-refractivity contribution in [3.05, 3.63) is 48.0 Å². The van der Waals surface area contributed by atoms with E-state index in [1.165, 1.54) is 24.5 Å². The minimum absolute atomic E-state index is 0. The van der Waals surface area contributed by atoms with E-state index in [1.54, 1.807) is 6.92 Å². The number of alkyl halides is 3. The van der Waals surface area contributed by atoms with E-state index in [9.17, 15) is 18.0 Å². The van der Waals surface area contributed by atoms with Gasteiger partial charge in [-0.3, -0.25) is 4.79 Å². The molecule has 0 bridgehead atoms. The molecule has 0 aliphatic rings. The van der Waals surface area contributed by atoms with Crippen LogP contribution >= 0.6 is 24.8 Å². The highest BCUT2D eigenvalue weighted by Gasteiger charge is 2.30. The number of nitrogens with zero attached hydrogens (tertiary/aromatic N) is 2. The highest BCUT2D eigenvalue weighted by Crippen LogP contribution is 2.24. The first-order chi connectivity index (χ1) is 9.83. The molecule has 5 nitrogen and oxygen atoms in total. The number of aromatic nitrogens is 2. The molecule has 0 saturated heterocycles. The van der Waals surface area contributed by atoms with Gasteiger partial charge in [-0.15, -0.1) is 38.0 Å². The van der Waals surface area contributed by atoms with E-state index in [0.717, 1.165) is 12.1 Å². The van der Waals surface area contributed by atoms with Crippen LogP contribution in [0.3, 0.4) is 0 Å². The lowest BCUT2D eigenvalue weighted by Gasteiger charge is -2.09. The fraction of sp³-hybridized carbons (Fsp3) is 0.154. The van der Waals surface area contributed by atoms with E-state index < -0.39 is 12.3 Å². The number of hydrogen-bond donors (Lipinski definition) is 1. The Morgan fingerprint density at radius 1 is 1.09 bits per heavy atom. The molecular weight excluding hydrogens is 358 g/mol. The molecule has 0 atom stereocenters. The number of ether oxygens (including phenoxy) is 1. The van der Waals surface area contributed by atoms with E-state index in [1.807, 2.05) is 0 Å². The first-order valence-electron chi connectivity index (χ1n) is 5.79. The second kappa shape index (κ2) is 8.54. The lowest BCUT2D eigenvalue weighted by molar-refractivity contribution is -0.274. The maximum Gasteiger partial charge on any atom is 0.573 e. The van der Waals surface area contributed by atoms with Gasteiger partial charge in [0.05, 0.1) is 5.56 Å². The summed E-state index contributed by atoms with van der Waals surface area (Å²) in [4.78, 5) is 19.6. The fourth-order valence-electron chi connectivity index (χ4n) is 1.45. The maximum atomic E-state index is 12.0. The average Bonchev–Trinajstić information content (AvgIpc) is 2.40. The number of rotatable bonds is 3. The van der Waals surface area contributed by atoms with Gasteiger partial charge in [0.2, 0.25) is 0 Å². The smallest absolute Gasteiger partial charge is 0.406 e. The van der Waals surface area contributed by atoms with Crippen LogP contribution in [0.1, 0.15) is 16.2 Å². The molecule has 0 fully saturated rings. The molecule has 1 aromatic carbocycles. The Kier molecular flexibility index (Phi) is 7.78. The van der Waals surface area contributed by atoms with Gasteiger partial charge in [0.15, 0.2) is 0 Å². The predicted molar refractivity (Wildman–Crippen MR) is 82.3 cm³/mol. The van der Waals surface area contributed by atoms with Crippen LogP contribution in [0.25, 0.3) is 0 Å². The van der Waals surface area contributed by atoms with Crippen molar-refractivity contribution in [2.75, 3.05) is 5.32 Å². The SMILES string of the molecule is Cc1ncc(C(=O)Nc2ccc(OC(F)(F)F)cc2)cn1.Cl.Cl. The Labute approximate surface area is 142 Å². The lowest BCUT2D eigenvalue weighted by Crippen LogP contribution is -2.17. The number of hydrogen-bond acceptors (Lipinski definition) is 4. The van der Waals surface area contributed by atoms with Crippen LogP contribution < -0.4 is 10.1 Å². The van der Waals surface area contributed by atoms with Crippen molar-refractivity contribution in [2.24, 2.45) is 0 Å². The zero-order valence-corrected chi connectivity index (χ0v) is 13.3. The topological polar surface area (TPSA) is 64.1 Å². The number of halogens is 5. The van der Waals surface area contributed by atoms with E-state index in [-0.39, 0.29) is 36.1 Å². The largest absolute Gasteiger partial charge is 0.573 e. The number of carbonyl (C=O) groups excluding carboxylic acids is 1. The molecule has 2 rings (SSSR count). The van der Waals surface area contributed by atoms with Crippen LogP contribution in [0, 0.1) is 6.92 Å². The zero-order valence-electron chi connectivity index (χ0n) is 11.6. The molecule has 0 unspecified atom stereocenters. The summed E-state index contributed by atoms with van der Waals surface area (Å²) in [7, 11) is 0. The van der Waals surface area contributed by atoms with Gasteiger partial charge >= 0.3 is 6.36 Å². The Balaban J connectivity index is 0.00000242. The zero-order chi connectivity index (χ0) is 15.5. The highest BCUT2D eigenvalue weighted by atomic mass is 35.5. The number of anilines is 1. The van der Waals surface area contributed by atoms with Gasteiger partial charge in [-0.25, -0.2) is 9.97 Å². The first-order valence-corrected chi connectivity index (χ1v) is 5.79. The van der Waals surface area contributed by atoms with E-state index >= 15 is 0 Å². The minimum atomic E-state index is -4.75. The van der Waals surface area contributed by atoms with Crippen LogP contribution in [0.15, 0.2) is 36.7 Å². The molecule has 2 aromatic rings. The summed E-state index contributed by atoms with van der Waals surface area (Å²) in [6, 6.07) is 4.81. The molecule has 1 N–H and O–H groups in total. The molecule has 0 saturated carbocycles. The van der Waals surface area contributed by atoms with E-state index in [0.29, 0.717) is 11.5 Å². The summed E-state index contributed by atoms with van der Waals surface area (Å²) in [5.41, 5.74) is 0.575. The molecule has 0 aliphatic heterocycles. The number of carbonyl (C=O) groups is 1. The highest BCUT2D eigenvalue weighted by molar-refractivity contribution is 6.03. The summed E-state index contributed by atoms with van der Waals surface area (Å²) >= 11 is 0. The lowest BCUT2D eigenvalue weighted by atomic mass is 10.2. The molecule has 23 heavy (non-hydrogen) atoms. The van der Waals surface area contributed by atoms with Crippen LogP contribution in [-0.2, 0) is 0 Å². The predicted octanol–water partition coefficient (Wildman–Crippen LogP) is 3.78. The molecular formula is C13H12Cl2F3N3O2. The van der Waals surface area contributed by atoms with Crippen molar-refractivity contribution in [1.29, 1.82) is 0 Å². The first kappa shape index (κ1) is 20.9. The minimum Gasteiger partial charge on any atom is -0.406 e. The summed E-state index contributed by atoms with van der Waals surface area (Å²) in [5, 5.41) is 2.51. The molecule has 1 amide bonds. The monoisotopic (exact) mass is 369 g/mol. The van der Waals surface area contributed by atoms with Crippen LogP contribution in [0.4, 0.5) is 18.9 Å². The molecule has 0 aliphatic carbocycles. The van der Waals surface area contributed by atoms with Gasteiger partial charge in [-0.05, 0) is 31.2 Å². The Morgan fingerprint density at radius 3 is 2.09 bits per heavy atom. The van der Waals surface area contributed by atoms with E-state index in [2.05, 4.69) is 20.0 Å². The second-order valence-corrected chi connectivity index (χ2v) is 4.05. The summed E-state index contributed by atoms with van der Waals surface area (Å²) < 4.78 is 39.7. The maximum absolute atomic E-state index is 12.0. The molecule has 1 aromatic heterocycles. The number of benzene rings is 1. The van der Waals surface area contributed by atoms with Gasteiger partial charge in [0.1, 0.15) is 11.6 Å². The third kappa shape index (κ3) is 6.70. The normalized spacial score (nSPS) is 10.1. The average molecular weight is 370 g/mol. The van der Waals surface area contributed by atoms with Gasteiger partial charge in [-0.2, -0.15) is 0 Å². The third-order valence-corrected chi connectivity index (χ3v) is 2.39. The number of nitrogens with one attached hydrogen (secondary N) is 1. The van der Waals surface area contributed by atoms with E-state index in [4.69, 9.17) is 0 Å². The molecule has 0 spiro atoms. The summed E-state index contributed by atoms with van der Waals surface area (Å²) in [6.45, 7) is 1.68. The number of aryl methyl sites for hydroxylation is 1. The molecule has 1 heterocycles. The van der Waals surface area contributed by atoms with Crippen molar-refractivity contribution in [3.63, 3.8) is 0 Å².